The summed E-state index contributed by atoms with van der Waals surface area (Å²) in [5, 5.41) is 6.48. The number of carbonyl (C=O) groups is 2. The zero-order valence-electron chi connectivity index (χ0n) is 14.9. The largest absolute Gasteiger partial charge is 0.370 e. The third-order valence-electron chi connectivity index (χ3n) is 5.05. The first-order valence-electron chi connectivity index (χ1n) is 9.13. The molecule has 1 fully saturated rings. The molecular weight excluding hydrogens is 326 g/mol. The number of nitrogens with one attached hydrogen (secondary N) is 2. The Morgan fingerprint density at radius 1 is 1.12 bits per heavy atom. The van der Waals surface area contributed by atoms with Gasteiger partial charge < -0.3 is 15.5 Å². The lowest BCUT2D eigenvalue weighted by Crippen LogP contribution is -2.35. The molecule has 1 aliphatic carbocycles. The molecule has 1 saturated carbocycles. The van der Waals surface area contributed by atoms with Crippen LogP contribution in [0.3, 0.4) is 0 Å². The van der Waals surface area contributed by atoms with Crippen LogP contribution in [-0.4, -0.2) is 24.9 Å². The summed E-state index contributed by atoms with van der Waals surface area (Å²) in [4.78, 5) is 26.3. The van der Waals surface area contributed by atoms with Crippen LogP contribution < -0.4 is 15.5 Å². The summed E-state index contributed by atoms with van der Waals surface area (Å²) in [6.07, 6.45) is 3.38. The molecule has 2 aromatic rings. The molecule has 0 unspecified atom stereocenters. The predicted molar refractivity (Wildman–Crippen MR) is 102 cm³/mol. The molecule has 4 rings (SSSR count). The lowest BCUT2D eigenvalue weighted by molar-refractivity contribution is -0.122. The van der Waals surface area contributed by atoms with E-state index >= 15 is 0 Å². The molecule has 26 heavy (non-hydrogen) atoms. The van der Waals surface area contributed by atoms with Crippen LogP contribution in [-0.2, 0) is 16.0 Å². The van der Waals surface area contributed by atoms with Gasteiger partial charge in [0.2, 0.25) is 11.8 Å². The van der Waals surface area contributed by atoms with E-state index in [0.717, 1.165) is 41.8 Å². The first kappa shape index (κ1) is 16.6. The third-order valence-corrected chi connectivity index (χ3v) is 5.05. The number of aryl methyl sites for hydroxylation is 1. The van der Waals surface area contributed by atoms with Gasteiger partial charge in [-0.15, -0.1) is 0 Å². The molecule has 2 aliphatic rings. The van der Waals surface area contributed by atoms with Crippen LogP contribution in [0.5, 0.6) is 0 Å². The Labute approximate surface area is 153 Å². The van der Waals surface area contributed by atoms with Crippen LogP contribution in [0.25, 0.3) is 0 Å². The third kappa shape index (κ3) is 3.43. The predicted octanol–water partition coefficient (Wildman–Crippen LogP) is 3.03. The number of anilines is 2. The van der Waals surface area contributed by atoms with Gasteiger partial charge >= 0.3 is 0 Å². The highest BCUT2D eigenvalue weighted by molar-refractivity contribution is 5.96. The molecule has 0 spiro atoms. The number of fused-ring (bicyclic) bond motifs is 1. The Balaban J connectivity index is 1.59. The molecular formula is C21H23N3O2. The zero-order valence-corrected chi connectivity index (χ0v) is 14.9. The normalized spacial score (nSPS) is 17.4. The van der Waals surface area contributed by atoms with Crippen LogP contribution in [0.2, 0.25) is 0 Å². The topological polar surface area (TPSA) is 61.4 Å². The monoisotopic (exact) mass is 349 g/mol. The molecule has 2 aromatic carbocycles. The summed E-state index contributed by atoms with van der Waals surface area (Å²) in [5.74, 6) is 0.146. The number of nitrogens with zero attached hydrogens (tertiary/aromatic N) is 1. The zero-order chi connectivity index (χ0) is 18.1. The number of hydrogen-bond acceptors (Lipinski definition) is 3. The van der Waals surface area contributed by atoms with E-state index in [-0.39, 0.29) is 11.8 Å². The second-order valence-electron chi connectivity index (χ2n) is 7.07. The van der Waals surface area contributed by atoms with Gasteiger partial charge in [-0.3, -0.25) is 9.59 Å². The number of hydrogen-bond donors (Lipinski definition) is 2. The van der Waals surface area contributed by atoms with Crippen LogP contribution in [0.15, 0.2) is 48.5 Å². The smallest absolute Gasteiger partial charge is 0.247 e. The van der Waals surface area contributed by atoms with E-state index in [1.807, 2.05) is 49.5 Å². The molecule has 0 saturated heterocycles. The van der Waals surface area contributed by atoms with Crippen molar-refractivity contribution in [3.05, 3.63) is 59.7 Å². The molecule has 0 bridgehead atoms. The van der Waals surface area contributed by atoms with E-state index in [4.69, 9.17) is 0 Å². The summed E-state index contributed by atoms with van der Waals surface area (Å²) >= 11 is 0. The van der Waals surface area contributed by atoms with Crippen LogP contribution in [0.4, 0.5) is 11.4 Å². The fraction of sp³-hybridized carbons (Fsp3) is 0.333. The Hall–Kier alpha value is -2.82. The minimum Gasteiger partial charge on any atom is -0.370 e. The summed E-state index contributed by atoms with van der Waals surface area (Å²) < 4.78 is 0. The molecule has 2 amide bonds. The average Bonchev–Trinajstić information content (AvgIpc) is 3.47. The molecule has 5 nitrogen and oxygen atoms in total. The van der Waals surface area contributed by atoms with Crippen molar-refractivity contribution in [1.29, 1.82) is 0 Å². The fourth-order valence-corrected chi connectivity index (χ4v) is 3.37. The molecule has 134 valence electrons. The van der Waals surface area contributed by atoms with Crippen LogP contribution in [0, 0.1) is 0 Å². The summed E-state index contributed by atoms with van der Waals surface area (Å²) in [6.45, 7) is 0. The minimum atomic E-state index is -0.433. The van der Waals surface area contributed by atoms with Gasteiger partial charge in [0.1, 0.15) is 6.04 Å². The van der Waals surface area contributed by atoms with Crippen molar-refractivity contribution in [2.45, 2.75) is 37.8 Å². The van der Waals surface area contributed by atoms with Gasteiger partial charge in [0.05, 0.1) is 0 Å². The minimum absolute atomic E-state index is 0.00344. The summed E-state index contributed by atoms with van der Waals surface area (Å²) in [5.41, 5.74) is 3.92. The number of carbonyl (C=O) groups excluding carboxylic acids is 2. The van der Waals surface area contributed by atoms with E-state index in [2.05, 4.69) is 16.7 Å². The SMILES string of the molecule is CN1C(=O)CCc2cc(N[C@H](C(=O)NC3CC3)c3ccccc3)ccc21. The van der Waals surface area contributed by atoms with E-state index in [9.17, 15) is 9.59 Å². The van der Waals surface area contributed by atoms with Gasteiger partial charge in [-0.25, -0.2) is 0 Å². The van der Waals surface area contributed by atoms with Crippen LogP contribution >= 0.6 is 0 Å². The number of amides is 2. The van der Waals surface area contributed by atoms with E-state index < -0.39 is 6.04 Å². The second kappa shape index (κ2) is 6.83. The first-order chi connectivity index (χ1) is 12.6. The Kier molecular flexibility index (Phi) is 4.37. The summed E-state index contributed by atoms with van der Waals surface area (Å²) in [6, 6.07) is 15.6. The van der Waals surface area contributed by atoms with Crippen molar-refractivity contribution < 1.29 is 9.59 Å². The van der Waals surface area contributed by atoms with Crippen molar-refractivity contribution in [2.24, 2.45) is 0 Å². The van der Waals surface area contributed by atoms with E-state index in [0.29, 0.717) is 12.5 Å². The number of benzene rings is 2. The maximum Gasteiger partial charge on any atom is 0.247 e. The highest BCUT2D eigenvalue weighted by Gasteiger charge is 2.29. The van der Waals surface area contributed by atoms with Crippen molar-refractivity contribution >= 4 is 23.2 Å². The number of rotatable bonds is 5. The van der Waals surface area contributed by atoms with Gasteiger partial charge in [-0.1, -0.05) is 30.3 Å². The fourth-order valence-electron chi connectivity index (χ4n) is 3.37. The van der Waals surface area contributed by atoms with Crippen molar-refractivity contribution in [1.82, 2.24) is 5.32 Å². The second-order valence-corrected chi connectivity index (χ2v) is 7.07. The molecule has 5 heteroatoms. The van der Waals surface area contributed by atoms with E-state index in [1.54, 1.807) is 4.90 Å². The van der Waals surface area contributed by atoms with Gasteiger partial charge in [-0.05, 0) is 48.6 Å². The van der Waals surface area contributed by atoms with Crippen molar-refractivity contribution in [3.63, 3.8) is 0 Å². The van der Waals surface area contributed by atoms with Crippen LogP contribution in [0.1, 0.15) is 36.4 Å². The molecule has 0 aromatic heterocycles. The lowest BCUT2D eigenvalue weighted by atomic mass is 10.00. The van der Waals surface area contributed by atoms with Gasteiger partial charge in [-0.2, -0.15) is 0 Å². The maximum absolute atomic E-state index is 12.8. The average molecular weight is 349 g/mol. The van der Waals surface area contributed by atoms with Gasteiger partial charge in [0.15, 0.2) is 0 Å². The Bertz CT molecular complexity index is 830. The highest BCUT2D eigenvalue weighted by atomic mass is 16.2. The quantitative estimate of drug-likeness (QED) is 0.872. The standard InChI is InChI=1S/C21H23N3O2/c1-24-18-11-10-17(13-15(18)7-12-19(24)25)22-20(14-5-3-2-4-6-14)21(26)23-16-8-9-16/h2-6,10-11,13,16,20,22H,7-9,12H2,1H3,(H,23,26)/t20-/m0/s1. The summed E-state index contributed by atoms with van der Waals surface area (Å²) in [7, 11) is 1.81. The maximum atomic E-state index is 12.8. The van der Waals surface area contributed by atoms with E-state index in [1.165, 1.54) is 0 Å². The Morgan fingerprint density at radius 2 is 1.88 bits per heavy atom. The lowest BCUT2D eigenvalue weighted by Gasteiger charge is -2.27. The van der Waals surface area contributed by atoms with Gasteiger partial charge in [0.25, 0.3) is 0 Å². The molecule has 1 aliphatic heterocycles. The van der Waals surface area contributed by atoms with Gasteiger partial charge in [0, 0.05) is 30.9 Å². The van der Waals surface area contributed by atoms with Crippen molar-refractivity contribution in [2.75, 3.05) is 17.3 Å². The van der Waals surface area contributed by atoms with Crippen molar-refractivity contribution in [3.8, 4) is 0 Å². The molecule has 1 heterocycles. The molecule has 1 atom stereocenters. The first-order valence-corrected chi connectivity index (χ1v) is 9.13. The molecule has 2 N–H and O–H groups in total. The molecule has 0 radical (unpaired) electrons. The Morgan fingerprint density at radius 3 is 2.62 bits per heavy atom. The highest BCUT2D eigenvalue weighted by Crippen LogP contribution is 2.31.